The topological polar surface area (TPSA) is 74.6 Å². The number of hydrogen-bond donors (Lipinski definition) is 2. The lowest BCUT2D eigenvalue weighted by Crippen LogP contribution is -2.35. The summed E-state index contributed by atoms with van der Waals surface area (Å²) < 4.78 is 29.6. The Morgan fingerprint density at radius 2 is 1.70 bits per heavy atom. The largest absolute Gasteiger partial charge is 0.386 e. The minimum atomic E-state index is -4.02. The van der Waals surface area contributed by atoms with Gasteiger partial charge in [-0.25, -0.2) is 0 Å². The van der Waals surface area contributed by atoms with E-state index in [4.69, 9.17) is 4.55 Å². The lowest BCUT2D eigenvalue weighted by molar-refractivity contribution is 0.0300. The van der Waals surface area contributed by atoms with Gasteiger partial charge >= 0.3 is 0 Å². The van der Waals surface area contributed by atoms with Crippen molar-refractivity contribution in [3.05, 3.63) is 42.0 Å². The summed E-state index contributed by atoms with van der Waals surface area (Å²) in [5.74, 6) is 0.791. The molecule has 0 unspecified atom stereocenters. The summed E-state index contributed by atoms with van der Waals surface area (Å²) in [7, 11) is -4.02. The fourth-order valence-electron chi connectivity index (χ4n) is 2.52. The molecular weight excluding hydrogens is 276 g/mol. The lowest BCUT2D eigenvalue weighted by atomic mass is 9.73. The van der Waals surface area contributed by atoms with Crippen LogP contribution in [0.2, 0.25) is 0 Å². The highest BCUT2D eigenvalue weighted by molar-refractivity contribution is 7.85. The number of aliphatic hydroxyl groups is 1. The van der Waals surface area contributed by atoms with Crippen molar-refractivity contribution in [1.82, 2.24) is 0 Å². The van der Waals surface area contributed by atoms with Gasteiger partial charge in [-0.2, -0.15) is 8.42 Å². The number of aryl methyl sites for hydroxylation is 1. The van der Waals surface area contributed by atoms with Crippen LogP contribution < -0.4 is 0 Å². The summed E-state index contributed by atoms with van der Waals surface area (Å²) in [5.41, 5.74) is 0.562. The van der Waals surface area contributed by atoms with Gasteiger partial charge in [0.2, 0.25) is 0 Å². The number of benzene rings is 1. The van der Waals surface area contributed by atoms with Gasteiger partial charge in [-0.05, 0) is 50.7 Å². The third kappa shape index (κ3) is 3.91. The molecule has 0 amide bonds. The highest BCUT2D eigenvalue weighted by Gasteiger charge is 2.33. The number of rotatable bonds is 1. The van der Waals surface area contributed by atoms with Crippen molar-refractivity contribution in [2.45, 2.75) is 43.1 Å². The molecule has 4 rings (SSSR count). The highest BCUT2D eigenvalue weighted by atomic mass is 32.2. The zero-order valence-electron chi connectivity index (χ0n) is 11.5. The van der Waals surface area contributed by atoms with Crippen LogP contribution in [0.5, 0.6) is 0 Å². The smallest absolute Gasteiger partial charge is 0.294 e. The van der Waals surface area contributed by atoms with Gasteiger partial charge in [-0.3, -0.25) is 4.55 Å². The molecule has 0 aliphatic heterocycles. The molecule has 1 aromatic carbocycles. The molecule has 0 saturated heterocycles. The van der Waals surface area contributed by atoms with E-state index in [9.17, 15) is 13.5 Å². The third-order valence-electron chi connectivity index (χ3n) is 3.89. The van der Waals surface area contributed by atoms with E-state index in [-0.39, 0.29) is 4.90 Å². The molecule has 3 aliphatic rings. The van der Waals surface area contributed by atoms with E-state index in [0.717, 1.165) is 24.3 Å². The van der Waals surface area contributed by atoms with Crippen LogP contribution in [0.1, 0.15) is 31.2 Å². The fraction of sp³-hybridized carbons (Fsp3) is 0.467. The van der Waals surface area contributed by atoms with Gasteiger partial charge in [0, 0.05) is 0 Å². The molecule has 3 aliphatic carbocycles. The van der Waals surface area contributed by atoms with Gasteiger partial charge in [-0.1, -0.05) is 29.8 Å². The van der Waals surface area contributed by atoms with Crippen LogP contribution in [-0.4, -0.2) is 23.7 Å². The molecule has 0 aromatic heterocycles. The first-order valence-electron chi connectivity index (χ1n) is 6.74. The summed E-state index contributed by atoms with van der Waals surface area (Å²) >= 11 is 0. The van der Waals surface area contributed by atoms with Gasteiger partial charge < -0.3 is 5.11 Å². The van der Waals surface area contributed by atoms with Crippen molar-refractivity contribution in [1.29, 1.82) is 0 Å². The van der Waals surface area contributed by atoms with E-state index in [1.807, 2.05) is 13.0 Å². The van der Waals surface area contributed by atoms with E-state index in [2.05, 4.69) is 6.08 Å². The Bertz CT molecular complexity index is 579. The minimum absolute atomic E-state index is 0.0666. The zero-order valence-corrected chi connectivity index (χ0v) is 12.3. The second-order valence-corrected chi connectivity index (χ2v) is 7.01. The van der Waals surface area contributed by atoms with E-state index < -0.39 is 15.7 Å². The van der Waals surface area contributed by atoms with E-state index >= 15 is 0 Å². The average Bonchev–Trinajstić information content (AvgIpc) is 2.40. The molecule has 0 radical (unpaired) electrons. The van der Waals surface area contributed by atoms with Crippen LogP contribution in [0, 0.1) is 12.8 Å². The van der Waals surface area contributed by atoms with Gasteiger partial charge in [0.25, 0.3) is 10.1 Å². The number of fused-ring (bicyclic) bond motifs is 2. The van der Waals surface area contributed by atoms with E-state index in [1.54, 1.807) is 12.1 Å². The molecule has 1 saturated carbocycles. The molecule has 2 bridgehead atoms. The average molecular weight is 296 g/mol. The summed E-state index contributed by atoms with van der Waals surface area (Å²) in [5, 5.41) is 9.63. The van der Waals surface area contributed by atoms with Crippen molar-refractivity contribution in [2.24, 2.45) is 5.92 Å². The van der Waals surface area contributed by atoms with Gasteiger partial charge in [0.1, 0.15) is 0 Å². The van der Waals surface area contributed by atoms with Crippen molar-refractivity contribution >= 4 is 10.1 Å². The second-order valence-electron chi connectivity index (χ2n) is 5.59. The molecule has 20 heavy (non-hydrogen) atoms. The molecule has 0 heterocycles. The predicted octanol–water partition coefficient (Wildman–Crippen LogP) is 2.72. The van der Waals surface area contributed by atoms with Crippen molar-refractivity contribution < 1.29 is 18.1 Å². The van der Waals surface area contributed by atoms with Crippen LogP contribution in [0.25, 0.3) is 0 Å². The lowest BCUT2D eigenvalue weighted by Gasteiger charge is -2.37. The molecule has 110 valence electrons. The van der Waals surface area contributed by atoms with E-state index in [0.29, 0.717) is 0 Å². The van der Waals surface area contributed by atoms with Crippen LogP contribution in [0.15, 0.2) is 41.3 Å². The highest BCUT2D eigenvalue weighted by Crippen LogP contribution is 2.38. The minimum Gasteiger partial charge on any atom is -0.386 e. The standard InChI is InChI=1S/C8H12O.C7H8O3S/c9-8-4-1-7(2-5-8)3-6-8;1-6-2-4-7(5-3-6)11(8,9)10/h1,4,7,9H,2-3,5-6H2;2-5H,1H3,(H,8,9,10). The van der Waals surface area contributed by atoms with Crippen molar-refractivity contribution in [3.63, 3.8) is 0 Å². The Kier molecular flexibility index (Phi) is 4.32. The summed E-state index contributed by atoms with van der Waals surface area (Å²) in [4.78, 5) is -0.0666. The Balaban J connectivity index is 0.000000149. The predicted molar refractivity (Wildman–Crippen MR) is 77.0 cm³/mol. The SMILES string of the molecule is Cc1ccc(S(=O)(=O)O)cc1.OC12C=CC(CC1)CC2. The Morgan fingerprint density at radius 3 is 2.00 bits per heavy atom. The number of hydrogen-bond acceptors (Lipinski definition) is 3. The molecule has 1 aromatic rings. The quantitative estimate of drug-likeness (QED) is 0.617. The molecule has 4 nitrogen and oxygen atoms in total. The van der Waals surface area contributed by atoms with Gasteiger partial charge in [0.05, 0.1) is 10.5 Å². The number of allylic oxidation sites excluding steroid dienone is 1. The second kappa shape index (κ2) is 5.68. The van der Waals surface area contributed by atoms with E-state index in [1.165, 1.54) is 25.0 Å². The zero-order chi connectivity index (χ0) is 14.8. The maximum Gasteiger partial charge on any atom is 0.294 e. The van der Waals surface area contributed by atoms with Gasteiger partial charge in [0.15, 0.2) is 0 Å². The van der Waals surface area contributed by atoms with Gasteiger partial charge in [-0.15, -0.1) is 0 Å². The molecule has 0 spiro atoms. The normalized spacial score (nSPS) is 27.9. The molecule has 2 N–H and O–H groups in total. The van der Waals surface area contributed by atoms with Crippen LogP contribution in [0.4, 0.5) is 0 Å². The first-order chi connectivity index (χ1) is 9.28. The molecule has 5 heteroatoms. The molecule has 0 atom stereocenters. The fourth-order valence-corrected chi connectivity index (χ4v) is 3.00. The van der Waals surface area contributed by atoms with Crippen molar-refractivity contribution in [3.8, 4) is 0 Å². The maximum atomic E-state index is 10.5. The molecular formula is C15H20O4S. The monoisotopic (exact) mass is 296 g/mol. The summed E-state index contributed by atoms with van der Waals surface area (Å²) in [6.07, 6.45) is 8.56. The van der Waals surface area contributed by atoms with Crippen molar-refractivity contribution in [2.75, 3.05) is 0 Å². The third-order valence-corrected chi connectivity index (χ3v) is 4.76. The summed E-state index contributed by atoms with van der Waals surface area (Å²) in [6, 6.07) is 5.99. The Labute approximate surface area is 119 Å². The Morgan fingerprint density at radius 1 is 1.15 bits per heavy atom. The molecule has 1 fully saturated rings. The van der Waals surface area contributed by atoms with Crippen LogP contribution >= 0.6 is 0 Å². The maximum absolute atomic E-state index is 10.5. The summed E-state index contributed by atoms with van der Waals surface area (Å²) in [6.45, 7) is 1.84. The first kappa shape index (κ1) is 15.2. The van der Waals surface area contributed by atoms with Crippen LogP contribution in [-0.2, 0) is 10.1 Å². The Hall–Kier alpha value is -1.17. The van der Waals surface area contributed by atoms with Crippen LogP contribution in [0.3, 0.4) is 0 Å². The first-order valence-corrected chi connectivity index (χ1v) is 8.18.